The van der Waals surface area contributed by atoms with E-state index in [-0.39, 0.29) is 17.1 Å². The van der Waals surface area contributed by atoms with Gasteiger partial charge in [0.2, 0.25) is 5.91 Å². The molecular formula is C28H34N6OS2. The number of thiophene rings is 1. The van der Waals surface area contributed by atoms with Crippen molar-refractivity contribution in [2.45, 2.75) is 51.7 Å². The predicted molar refractivity (Wildman–Crippen MR) is 153 cm³/mol. The normalized spacial score (nSPS) is 15.1. The van der Waals surface area contributed by atoms with Gasteiger partial charge in [0.1, 0.15) is 11.1 Å². The number of amides is 1. The van der Waals surface area contributed by atoms with Crippen LogP contribution in [-0.2, 0) is 24.2 Å². The first kappa shape index (κ1) is 27.0. The molecule has 1 aromatic carbocycles. The number of aromatic nitrogens is 3. The Bertz CT molecular complexity index is 1320. The van der Waals surface area contributed by atoms with Crippen molar-refractivity contribution in [2.75, 3.05) is 30.1 Å². The van der Waals surface area contributed by atoms with Gasteiger partial charge in [0.05, 0.1) is 11.3 Å². The molecule has 0 spiro atoms. The Balaban J connectivity index is 1.46. The van der Waals surface area contributed by atoms with Gasteiger partial charge in [-0.25, -0.2) is 0 Å². The molecule has 2 aromatic heterocycles. The van der Waals surface area contributed by atoms with E-state index in [0.29, 0.717) is 28.2 Å². The van der Waals surface area contributed by atoms with Crippen molar-refractivity contribution in [1.29, 1.82) is 5.26 Å². The van der Waals surface area contributed by atoms with Crippen LogP contribution >= 0.6 is 23.1 Å². The van der Waals surface area contributed by atoms with Gasteiger partial charge in [-0.2, -0.15) is 5.26 Å². The van der Waals surface area contributed by atoms with E-state index in [0.717, 1.165) is 41.9 Å². The molecule has 0 saturated carbocycles. The van der Waals surface area contributed by atoms with Gasteiger partial charge < -0.3 is 10.2 Å². The minimum Gasteiger partial charge on any atom is -0.378 e. The smallest absolute Gasteiger partial charge is 0.235 e. The van der Waals surface area contributed by atoms with Crippen molar-refractivity contribution in [1.82, 2.24) is 14.8 Å². The first-order valence-corrected chi connectivity index (χ1v) is 14.2. The Hall–Kier alpha value is -3.09. The average molecular weight is 535 g/mol. The summed E-state index contributed by atoms with van der Waals surface area (Å²) in [6.45, 7) is 11.2. The summed E-state index contributed by atoms with van der Waals surface area (Å²) in [5.41, 5.74) is 4.03. The Labute approximate surface area is 227 Å². The zero-order valence-electron chi connectivity index (χ0n) is 22.2. The van der Waals surface area contributed by atoms with E-state index in [4.69, 9.17) is 0 Å². The molecular weight excluding hydrogens is 500 g/mol. The zero-order valence-corrected chi connectivity index (χ0v) is 23.8. The van der Waals surface area contributed by atoms with Crippen molar-refractivity contribution in [3.8, 4) is 17.5 Å². The Kier molecular flexibility index (Phi) is 8.10. The number of carbonyl (C=O) groups excluding carboxylic acids is 1. The number of benzene rings is 1. The van der Waals surface area contributed by atoms with Crippen molar-refractivity contribution < 1.29 is 4.79 Å². The molecule has 7 nitrogen and oxygen atoms in total. The lowest BCUT2D eigenvalue weighted by Crippen LogP contribution is -2.26. The van der Waals surface area contributed by atoms with Gasteiger partial charge in [-0.1, -0.05) is 38.6 Å². The molecule has 1 aliphatic rings. The fourth-order valence-corrected chi connectivity index (χ4v) is 6.68. The van der Waals surface area contributed by atoms with Crippen LogP contribution in [0.1, 0.15) is 43.2 Å². The highest BCUT2D eigenvalue weighted by Crippen LogP contribution is 2.44. The van der Waals surface area contributed by atoms with Crippen molar-refractivity contribution >= 4 is 39.7 Å². The van der Waals surface area contributed by atoms with E-state index in [1.807, 2.05) is 47.8 Å². The maximum atomic E-state index is 12.9. The van der Waals surface area contributed by atoms with Crippen LogP contribution in [0.4, 0.5) is 10.7 Å². The van der Waals surface area contributed by atoms with Crippen molar-refractivity contribution in [3.63, 3.8) is 0 Å². The molecule has 194 valence electrons. The largest absolute Gasteiger partial charge is 0.378 e. The summed E-state index contributed by atoms with van der Waals surface area (Å²) in [7, 11) is 4.01. The summed E-state index contributed by atoms with van der Waals surface area (Å²) in [5, 5.41) is 22.9. The van der Waals surface area contributed by atoms with Gasteiger partial charge in [0.25, 0.3) is 0 Å². The number of nitrogens with one attached hydrogen (secondary N) is 1. The summed E-state index contributed by atoms with van der Waals surface area (Å²) in [6, 6.07) is 10.5. The highest BCUT2D eigenvalue weighted by atomic mass is 32.2. The van der Waals surface area contributed by atoms with Crippen LogP contribution in [0.5, 0.6) is 0 Å². The fraction of sp³-hybridized carbons (Fsp3) is 0.429. The number of allylic oxidation sites excluding steroid dienone is 1. The van der Waals surface area contributed by atoms with Crippen LogP contribution in [-0.4, -0.2) is 40.5 Å². The molecule has 0 fully saturated rings. The molecule has 37 heavy (non-hydrogen) atoms. The van der Waals surface area contributed by atoms with Crippen LogP contribution in [0.25, 0.3) is 11.4 Å². The number of anilines is 2. The Morgan fingerprint density at radius 2 is 2.05 bits per heavy atom. The number of hydrogen-bond acceptors (Lipinski definition) is 7. The minimum absolute atomic E-state index is 0.155. The van der Waals surface area contributed by atoms with Crippen molar-refractivity contribution in [3.05, 3.63) is 52.9 Å². The summed E-state index contributed by atoms with van der Waals surface area (Å²) in [5.74, 6) is 1.33. The quantitative estimate of drug-likeness (QED) is 0.281. The van der Waals surface area contributed by atoms with Gasteiger partial charge in [0.15, 0.2) is 11.0 Å². The predicted octanol–water partition coefficient (Wildman–Crippen LogP) is 6.01. The highest BCUT2D eigenvalue weighted by molar-refractivity contribution is 7.99. The minimum atomic E-state index is -0.155. The Morgan fingerprint density at radius 3 is 2.68 bits per heavy atom. The first-order valence-electron chi connectivity index (χ1n) is 12.4. The van der Waals surface area contributed by atoms with E-state index in [1.165, 1.54) is 16.6 Å². The third-order valence-electron chi connectivity index (χ3n) is 6.86. The van der Waals surface area contributed by atoms with Gasteiger partial charge >= 0.3 is 0 Å². The van der Waals surface area contributed by atoms with E-state index in [2.05, 4.69) is 48.9 Å². The SMILES string of the molecule is C=CCn1c(SCC(=O)Nc2sc3c(c2C#N)CCC(C(C)(C)C)C3)nnc1-c1ccc(N(C)C)cc1. The van der Waals surface area contributed by atoms with E-state index >= 15 is 0 Å². The molecule has 1 N–H and O–H groups in total. The molecule has 4 rings (SSSR count). The monoisotopic (exact) mass is 534 g/mol. The number of fused-ring (bicyclic) bond motifs is 1. The lowest BCUT2D eigenvalue weighted by atomic mass is 9.72. The second kappa shape index (κ2) is 11.1. The van der Waals surface area contributed by atoms with E-state index in [9.17, 15) is 10.1 Å². The van der Waals surface area contributed by atoms with Gasteiger partial charge in [-0.3, -0.25) is 9.36 Å². The highest BCUT2D eigenvalue weighted by Gasteiger charge is 2.32. The number of nitriles is 1. The molecule has 9 heteroatoms. The second-order valence-electron chi connectivity index (χ2n) is 10.6. The molecule has 0 radical (unpaired) electrons. The van der Waals surface area contributed by atoms with Gasteiger partial charge in [-0.05, 0) is 60.4 Å². The average Bonchev–Trinajstić information content (AvgIpc) is 3.42. The molecule has 1 aliphatic carbocycles. The van der Waals surface area contributed by atoms with Crippen LogP contribution in [0, 0.1) is 22.7 Å². The summed E-state index contributed by atoms with van der Waals surface area (Å²) >= 11 is 2.89. The zero-order chi connectivity index (χ0) is 26.7. The van der Waals surface area contributed by atoms with Crippen LogP contribution in [0.15, 0.2) is 42.1 Å². The second-order valence-corrected chi connectivity index (χ2v) is 12.7. The Morgan fingerprint density at radius 1 is 1.32 bits per heavy atom. The molecule has 1 amide bonds. The van der Waals surface area contributed by atoms with E-state index < -0.39 is 0 Å². The lowest BCUT2D eigenvalue weighted by Gasteiger charge is -2.33. The van der Waals surface area contributed by atoms with E-state index in [1.54, 1.807) is 17.4 Å². The number of hydrogen-bond donors (Lipinski definition) is 1. The number of nitrogens with zero attached hydrogens (tertiary/aromatic N) is 5. The molecule has 0 saturated heterocycles. The maximum absolute atomic E-state index is 12.9. The number of rotatable bonds is 8. The van der Waals surface area contributed by atoms with Crippen LogP contribution < -0.4 is 10.2 Å². The molecule has 0 bridgehead atoms. The van der Waals surface area contributed by atoms with Crippen molar-refractivity contribution in [2.24, 2.45) is 11.3 Å². The lowest BCUT2D eigenvalue weighted by molar-refractivity contribution is -0.113. The van der Waals surface area contributed by atoms with Crippen LogP contribution in [0.2, 0.25) is 0 Å². The third-order valence-corrected chi connectivity index (χ3v) is 8.99. The van der Waals surface area contributed by atoms with Crippen LogP contribution in [0.3, 0.4) is 0 Å². The number of carbonyl (C=O) groups is 1. The molecule has 1 unspecified atom stereocenters. The molecule has 0 aliphatic heterocycles. The maximum Gasteiger partial charge on any atom is 0.235 e. The topological polar surface area (TPSA) is 86.8 Å². The number of thioether (sulfide) groups is 1. The first-order chi connectivity index (χ1) is 17.6. The molecule has 2 heterocycles. The fourth-order valence-electron chi connectivity index (χ4n) is 4.64. The summed E-state index contributed by atoms with van der Waals surface area (Å²) < 4.78 is 1.97. The van der Waals surface area contributed by atoms with Gasteiger partial charge in [-0.15, -0.1) is 28.1 Å². The summed E-state index contributed by atoms with van der Waals surface area (Å²) in [6.07, 6.45) is 4.73. The molecule has 1 atom stereocenters. The molecule has 3 aromatic rings. The van der Waals surface area contributed by atoms with Gasteiger partial charge in [0, 0.05) is 36.8 Å². The summed E-state index contributed by atoms with van der Waals surface area (Å²) in [4.78, 5) is 16.2. The third kappa shape index (κ3) is 5.91. The standard InChI is InChI=1S/C28H34N6OS2/c1-7-14-34-25(18-8-11-20(12-9-18)33(5)6)31-32-27(34)36-17-24(35)30-26-22(16-29)21-13-10-19(28(2,3)4)15-23(21)37-26/h7-9,11-12,19H,1,10,13-15,17H2,2-6H3,(H,30,35).